The molecule has 3 heteroatoms. The van der Waals surface area contributed by atoms with Crippen LogP contribution < -0.4 is 0 Å². The van der Waals surface area contributed by atoms with Gasteiger partial charge in [0.15, 0.2) is 0 Å². The van der Waals surface area contributed by atoms with E-state index in [1.165, 1.54) is 0 Å². The minimum Gasteiger partial charge on any atom is -0.481 e. The number of rotatable bonds is 3. The van der Waals surface area contributed by atoms with E-state index in [4.69, 9.17) is 5.11 Å². The van der Waals surface area contributed by atoms with E-state index in [1.54, 1.807) is 0 Å². The van der Waals surface area contributed by atoms with Crippen molar-refractivity contribution in [3.63, 3.8) is 0 Å². The lowest BCUT2D eigenvalue weighted by molar-refractivity contribution is -0.136. The Hall–Kier alpha value is -0.830. The van der Waals surface area contributed by atoms with Crippen LogP contribution in [0.5, 0.6) is 0 Å². The van der Waals surface area contributed by atoms with Gasteiger partial charge in [0.2, 0.25) is 0 Å². The maximum Gasteiger partial charge on any atom is 0.303 e. The lowest BCUT2D eigenvalue weighted by Gasteiger charge is -2.02. The smallest absolute Gasteiger partial charge is 0.303 e. The first-order chi connectivity index (χ1) is 6.09. The molecule has 0 saturated carbocycles. The molecule has 0 heterocycles. The second-order valence-corrected chi connectivity index (χ2v) is 3.83. The lowest BCUT2D eigenvalue weighted by Crippen LogP contribution is -1.97. The number of carboxylic acid groups (broad SMARTS) is 1. The number of carboxylic acids is 1. The maximum absolute atomic E-state index is 10.3. The van der Waals surface area contributed by atoms with E-state index in [1.807, 2.05) is 25.1 Å². The van der Waals surface area contributed by atoms with Gasteiger partial charge in [-0.15, -0.1) is 0 Å². The molecule has 0 saturated heterocycles. The molecule has 0 aromatic heterocycles. The number of benzene rings is 1. The first-order valence-electron chi connectivity index (χ1n) is 4.06. The Morgan fingerprint density at radius 1 is 1.54 bits per heavy atom. The van der Waals surface area contributed by atoms with Crippen molar-refractivity contribution < 1.29 is 9.90 Å². The first-order valence-corrected chi connectivity index (χ1v) is 4.85. The van der Waals surface area contributed by atoms with Crippen molar-refractivity contribution in [2.24, 2.45) is 0 Å². The molecule has 70 valence electrons. The molecule has 0 aliphatic rings. The summed E-state index contributed by atoms with van der Waals surface area (Å²) in [5.41, 5.74) is 2.21. The van der Waals surface area contributed by atoms with Gasteiger partial charge >= 0.3 is 5.97 Å². The molecular formula is C10H11BrO2. The molecule has 1 rings (SSSR count). The Kier molecular flexibility index (Phi) is 3.48. The molecule has 1 aromatic rings. The van der Waals surface area contributed by atoms with Gasteiger partial charge in [-0.25, -0.2) is 0 Å². The van der Waals surface area contributed by atoms with Crippen molar-refractivity contribution >= 4 is 21.9 Å². The van der Waals surface area contributed by atoms with E-state index in [0.29, 0.717) is 6.42 Å². The van der Waals surface area contributed by atoms with Gasteiger partial charge in [0.1, 0.15) is 0 Å². The van der Waals surface area contributed by atoms with Crippen LogP contribution >= 0.6 is 15.9 Å². The summed E-state index contributed by atoms with van der Waals surface area (Å²) in [6.45, 7) is 1.99. The maximum atomic E-state index is 10.3. The summed E-state index contributed by atoms with van der Waals surface area (Å²) in [4.78, 5) is 10.3. The van der Waals surface area contributed by atoms with Crippen LogP contribution in [-0.4, -0.2) is 11.1 Å². The number of halogens is 1. The number of carbonyl (C=O) groups is 1. The molecule has 0 spiro atoms. The zero-order valence-corrected chi connectivity index (χ0v) is 8.97. The van der Waals surface area contributed by atoms with Crippen LogP contribution in [0.3, 0.4) is 0 Å². The van der Waals surface area contributed by atoms with E-state index in [2.05, 4.69) is 15.9 Å². The van der Waals surface area contributed by atoms with Gasteiger partial charge in [-0.3, -0.25) is 4.79 Å². The molecular weight excluding hydrogens is 232 g/mol. The SMILES string of the molecule is Cc1cc(CCC(=O)O)ccc1Br. The molecule has 0 unspecified atom stereocenters. The highest BCUT2D eigenvalue weighted by Crippen LogP contribution is 2.17. The summed E-state index contributed by atoms with van der Waals surface area (Å²) in [5, 5.41) is 8.49. The second-order valence-electron chi connectivity index (χ2n) is 2.98. The second kappa shape index (κ2) is 4.42. The minimum atomic E-state index is -0.749. The van der Waals surface area contributed by atoms with Crippen molar-refractivity contribution in [3.8, 4) is 0 Å². The number of hydrogen-bond acceptors (Lipinski definition) is 1. The van der Waals surface area contributed by atoms with Gasteiger partial charge in [-0.1, -0.05) is 28.1 Å². The molecule has 0 fully saturated rings. The summed E-state index contributed by atoms with van der Waals surface area (Å²) in [7, 11) is 0. The largest absolute Gasteiger partial charge is 0.481 e. The van der Waals surface area contributed by atoms with Gasteiger partial charge in [0.05, 0.1) is 0 Å². The summed E-state index contributed by atoms with van der Waals surface area (Å²) < 4.78 is 1.06. The van der Waals surface area contributed by atoms with Crippen LogP contribution in [0.25, 0.3) is 0 Å². The van der Waals surface area contributed by atoms with Crippen LogP contribution in [0.1, 0.15) is 17.5 Å². The van der Waals surface area contributed by atoms with Crippen LogP contribution in [0.2, 0.25) is 0 Å². The van der Waals surface area contributed by atoms with E-state index in [0.717, 1.165) is 15.6 Å². The standard InChI is InChI=1S/C10H11BrO2/c1-7-6-8(2-4-9(7)11)3-5-10(12)13/h2,4,6H,3,5H2,1H3,(H,12,13). The number of aliphatic carboxylic acids is 1. The van der Waals surface area contributed by atoms with Crippen molar-refractivity contribution in [3.05, 3.63) is 33.8 Å². The normalized spacial score (nSPS) is 10.0. The first kappa shape index (κ1) is 10.3. The molecule has 0 atom stereocenters. The molecule has 0 amide bonds. The summed E-state index contributed by atoms with van der Waals surface area (Å²) in [5.74, 6) is -0.749. The van der Waals surface area contributed by atoms with E-state index < -0.39 is 5.97 Å². The van der Waals surface area contributed by atoms with Crippen LogP contribution in [-0.2, 0) is 11.2 Å². The quantitative estimate of drug-likeness (QED) is 0.886. The predicted octanol–water partition coefficient (Wildman–Crippen LogP) is 2.77. The molecule has 0 aliphatic heterocycles. The fraction of sp³-hybridized carbons (Fsp3) is 0.300. The van der Waals surface area contributed by atoms with Gasteiger partial charge in [0, 0.05) is 10.9 Å². The molecule has 13 heavy (non-hydrogen) atoms. The Labute approximate surface area is 85.7 Å². The van der Waals surface area contributed by atoms with E-state index >= 15 is 0 Å². The highest BCUT2D eigenvalue weighted by molar-refractivity contribution is 9.10. The summed E-state index contributed by atoms with van der Waals surface area (Å²) in [6, 6.07) is 5.90. The highest BCUT2D eigenvalue weighted by Gasteiger charge is 2.00. The van der Waals surface area contributed by atoms with Gasteiger partial charge in [-0.2, -0.15) is 0 Å². The molecule has 0 aliphatic carbocycles. The van der Waals surface area contributed by atoms with Gasteiger partial charge in [0.25, 0.3) is 0 Å². The fourth-order valence-corrected chi connectivity index (χ4v) is 1.36. The van der Waals surface area contributed by atoms with Crippen molar-refractivity contribution in [2.45, 2.75) is 19.8 Å². The van der Waals surface area contributed by atoms with Crippen LogP contribution in [0, 0.1) is 6.92 Å². The predicted molar refractivity (Wildman–Crippen MR) is 54.8 cm³/mol. The van der Waals surface area contributed by atoms with Crippen molar-refractivity contribution in [1.29, 1.82) is 0 Å². The fourth-order valence-electron chi connectivity index (χ4n) is 1.11. The lowest BCUT2D eigenvalue weighted by atomic mass is 10.1. The monoisotopic (exact) mass is 242 g/mol. The Balaban J connectivity index is 2.68. The van der Waals surface area contributed by atoms with Crippen molar-refractivity contribution in [1.82, 2.24) is 0 Å². The third-order valence-electron chi connectivity index (χ3n) is 1.85. The van der Waals surface area contributed by atoms with Crippen LogP contribution in [0.4, 0.5) is 0 Å². The van der Waals surface area contributed by atoms with Crippen LogP contribution in [0.15, 0.2) is 22.7 Å². The number of hydrogen-bond donors (Lipinski definition) is 1. The van der Waals surface area contributed by atoms with E-state index in [9.17, 15) is 4.79 Å². The topological polar surface area (TPSA) is 37.3 Å². The Morgan fingerprint density at radius 3 is 2.77 bits per heavy atom. The number of aryl methyl sites for hydroxylation is 2. The highest BCUT2D eigenvalue weighted by atomic mass is 79.9. The Morgan fingerprint density at radius 2 is 2.23 bits per heavy atom. The van der Waals surface area contributed by atoms with E-state index in [-0.39, 0.29) is 6.42 Å². The van der Waals surface area contributed by atoms with Gasteiger partial charge in [-0.05, 0) is 30.5 Å². The minimum absolute atomic E-state index is 0.196. The van der Waals surface area contributed by atoms with Crippen molar-refractivity contribution in [2.75, 3.05) is 0 Å². The molecule has 1 N–H and O–H groups in total. The summed E-state index contributed by atoms with van der Waals surface area (Å²) in [6.07, 6.45) is 0.796. The zero-order valence-electron chi connectivity index (χ0n) is 7.38. The average Bonchev–Trinajstić information content (AvgIpc) is 2.07. The molecule has 2 nitrogen and oxygen atoms in total. The zero-order chi connectivity index (χ0) is 9.84. The third kappa shape index (κ3) is 3.19. The molecule has 0 bridgehead atoms. The third-order valence-corrected chi connectivity index (χ3v) is 2.74. The molecule has 1 aromatic carbocycles. The molecule has 0 radical (unpaired) electrons. The Bertz CT molecular complexity index is 321. The average molecular weight is 243 g/mol. The van der Waals surface area contributed by atoms with Gasteiger partial charge < -0.3 is 5.11 Å². The summed E-state index contributed by atoms with van der Waals surface area (Å²) >= 11 is 3.39.